The van der Waals surface area contributed by atoms with E-state index in [0.717, 1.165) is 23.7 Å². The van der Waals surface area contributed by atoms with E-state index in [1.54, 1.807) is 11.3 Å². The molecule has 0 aliphatic heterocycles. The maximum absolute atomic E-state index is 5.11. The summed E-state index contributed by atoms with van der Waals surface area (Å²) in [5.74, 6) is 0.895. The molecule has 0 aliphatic carbocycles. The van der Waals surface area contributed by atoms with Crippen molar-refractivity contribution in [2.45, 2.75) is 25.0 Å². The molecule has 0 fully saturated rings. The first-order chi connectivity index (χ1) is 6.83. The van der Waals surface area contributed by atoms with Gasteiger partial charge in [0.15, 0.2) is 5.82 Å². The Balaban J connectivity index is 2.43. The standard InChI is InChI=1S/C9H11N3S2/c1-2-5-12-8(10-11-9(12)13)7-4-3-6-14-7/h3-4,6H,2,5H2,1H3,(H,11,13)/p-1. The fourth-order valence-electron chi connectivity index (χ4n) is 1.30. The lowest BCUT2D eigenvalue weighted by atomic mass is 10.4. The van der Waals surface area contributed by atoms with Crippen LogP contribution in [0, 0.1) is 0 Å². The lowest BCUT2D eigenvalue weighted by Gasteiger charge is -2.10. The lowest BCUT2D eigenvalue weighted by Crippen LogP contribution is -2.00. The van der Waals surface area contributed by atoms with Crippen LogP contribution >= 0.6 is 11.3 Å². The van der Waals surface area contributed by atoms with Crippen molar-refractivity contribution in [3.8, 4) is 10.7 Å². The zero-order valence-electron chi connectivity index (χ0n) is 7.80. The van der Waals surface area contributed by atoms with Crippen LogP contribution < -0.4 is 0 Å². The smallest absolute Gasteiger partial charge is 0.172 e. The third-order valence-corrected chi connectivity index (χ3v) is 3.07. The second kappa shape index (κ2) is 4.06. The van der Waals surface area contributed by atoms with Crippen LogP contribution in [0.2, 0.25) is 0 Å². The second-order valence-electron chi connectivity index (χ2n) is 2.94. The van der Waals surface area contributed by atoms with Crippen LogP contribution in [-0.2, 0) is 19.2 Å². The van der Waals surface area contributed by atoms with Gasteiger partial charge >= 0.3 is 0 Å². The normalized spacial score (nSPS) is 10.6. The molecule has 3 nitrogen and oxygen atoms in total. The van der Waals surface area contributed by atoms with Gasteiger partial charge in [0.25, 0.3) is 0 Å². The molecule has 0 N–H and O–H groups in total. The zero-order chi connectivity index (χ0) is 9.97. The quantitative estimate of drug-likeness (QED) is 0.750. The molecule has 0 unspecified atom stereocenters. The summed E-state index contributed by atoms with van der Waals surface area (Å²) in [7, 11) is 0. The van der Waals surface area contributed by atoms with Gasteiger partial charge in [-0.1, -0.05) is 13.0 Å². The van der Waals surface area contributed by atoms with Crippen molar-refractivity contribution in [1.82, 2.24) is 14.8 Å². The highest BCUT2D eigenvalue weighted by molar-refractivity contribution is 7.58. The number of aromatic nitrogens is 3. The van der Waals surface area contributed by atoms with E-state index in [2.05, 4.69) is 17.1 Å². The molecule has 0 atom stereocenters. The van der Waals surface area contributed by atoms with E-state index in [1.165, 1.54) is 0 Å². The summed E-state index contributed by atoms with van der Waals surface area (Å²) in [5.41, 5.74) is 0. The summed E-state index contributed by atoms with van der Waals surface area (Å²) in [4.78, 5) is 1.13. The van der Waals surface area contributed by atoms with Crippen LogP contribution in [0.4, 0.5) is 0 Å². The van der Waals surface area contributed by atoms with Gasteiger partial charge in [0.1, 0.15) is 0 Å². The number of hydrogen-bond acceptors (Lipinski definition) is 4. The zero-order valence-corrected chi connectivity index (χ0v) is 9.44. The molecule has 2 aromatic rings. The van der Waals surface area contributed by atoms with Crippen LogP contribution in [0.15, 0.2) is 22.7 Å². The van der Waals surface area contributed by atoms with Crippen molar-refractivity contribution < 1.29 is 0 Å². The third-order valence-electron chi connectivity index (χ3n) is 1.91. The van der Waals surface area contributed by atoms with Gasteiger partial charge in [-0.3, -0.25) is 0 Å². The Morgan fingerprint density at radius 3 is 3.00 bits per heavy atom. The predicted octanol–water partition coefficient (Wildman–Crippen LogP) is 2.32. The van der Waals surface area contributed by atoms with Gasteiger partial charge < -0.3 is 17.2 Å². The Hall–Kier alpha value is -0.940. The van der Waals surface area contributed by atoms with Crippen LogP contribution in [0.1, 0.15) is 13.3 Å². The molecule has 74 valence electrons. The van der Waals surface area contributed by atoms with Crippen molar-refractivity contribution in [2.75, 3.05) is 0 Å². The maximum atomic E-state index is 5.11. The van der Waals surface area contributed by atoms with Crippen molar-refractivity contribution in [3.63, 3.8) is 0 Å². The summed E-state index contributed by atoms with van der Waals surface area (Å²) in [6.45, 7) is 3.01. The van der Waals surface area contributed by atoms with Gasteiger partial charge in [0, 0.05) is 11.7 Å². The van der Waals surface area contributed by atoms with E-state index in [-0.39, 0.29) is 0 Å². The summed E-state index contributed by atoms with van der Waals surface area (Å²) in [5, 5.41) is 10.6. The number of nitrogens with zero attached hydrogens (tertiary/aromatic N) is 3. The highest BCUT2D eigenvalue weighted by atomic mass is 32.1. The molecular weight excluding hydrogens is 214 g/mol. The molecule has 2 rings (SSSR count). The molecule has 0 spiro atoms. The third kappa shape index (κ3) is 1.65. The Bertz CT molecular complexity index is 406. The van der Waals surface area contributed by atoms with Crippen LogP contribution in [0.25, 0.3) is 10.7 Å². The van der Waals surface area contributed by atoms with Gasteiger partial charge in [-0.2, -0.15) is 5.10 Å². The molecule has 14 heavy (non-hydrogen) atoms. The minimum absolute atomic E-state index is 0.579. The Labute approximate surface area is 92.2 Å². The summed E-state index contributed by atoms with van der Waals surface area (Å²) >= 11 is 6.77. The molecule has 0 bridgehead atoms. The topological polar surface area (TPSA) is 30.7 Å². The fraction of sp³-hybridized carbons (Fsp3) is 0.333. The molecule has 2 aromatic heterocycles. The molecule has 5 heteroatoms. The lowest BCUT2D eigenvalue weighted by molar-refractivity contribution is 0.628. The summed E-state index contributed by atoms with van der Waals surface area (Å²) < 4.78 is 1.99. The van der Waals surface area contributed by atoms with Crippen molar-refractivity contribution in [3.05, 3.63) is 17.5 Å². The van der Waals surface area contributed by atoms with E-state index in [1.807, 2.05) is 22.1 Å². The summed E-state index contributed by atoms with van der Waals surface area (Å²) in [6, 6.07) is 4.05. The molecular formula is C9H10N3S2-. The van der Waals surface area contributed by atoms with E-state index in [4.69, 9.17) is 12.6 Å². The van der Waals surface area contributed by atoms with Crippen LogP contribution in [0.5, 0.6) is 0 Å². The minimum atomic E-state index is 0.579. The first-order valence-corrected chi connectivity index (χ1v) is 5.75. The van der Waals surface area contributed by atoms with Gasteiger partial charge in [-0.15, -0.1) is 16.4 Å². The van der Waals surface area contributed by atoms with E-state index >= 15 is 0 Å². The predicted molar refractivity (Wildman–Crippen MR) is 59.3 cm³/mol. The van der Waals surface area contributed by atoms with Gasteiger partial charge in [-0.05, 0) is 17.9 Å². The van der Waals surface area contributed by atoms with E-state index < -0.39 is 0 Å². The largest absolute Gasteiger partial charge is 0.740 e. The van der Waals surface area contributed by atoms with Crippen molar-refractivity contribution in [1.29, 1.82) is 0 Å². The summed E-state index contributed by atoms with van der Waals surface area (Å²) in [6.07, 6.45) is 1.04. The monoisotopic (exact) mass is 224 g/mol. The maximum Gasteiger partial charge on any atom is 0.172 e. The highest BCUT2D eigenvalue weighted by Crippen LogP contribution is 2.23. The molecule has 2 heterocycles. The molecule has 0 saturated heterocycles. The Morgan fingerprint density at radius 2 is 2.36 bits per heavy atom. The minimum Gasteiger partial charge on any atom is -0.740 e. The van der Waals surface area contributed by atoms with E-state index in [0.29, 0.717) is 5.16 Å². The first-order valence-electron chi connectivity index (χ1n) is 4.47. The van der Waals surface area contributed by atoms with Crippen LogP contribution in [-0.4, -0.2) is 14.8 Å². The van der Waals surface area contributed by atoms with Gasteiger partial charge in [-0.25, -0.2) is 0 Å². The molecule has 0 aliphatic rings. The number of hydrogen-bond donors (Lipinski definition) is 0. The first kappa shape index (κ1) is 9.61. The SMILES string of the molecule is CCCn1c([S-])nnc1-c1cccs1. The Kier molecular flexibility index (Phi) is 2.79. The van der Waals surface area contributed by atoms with Crippen molar-refractivity contribution in [2.24, 2.45) is 0 Å². The molecule has 0 aromatic carbocycles. The number of rotatable bonds is 3. The molecule has 0 amide bonds. The van der Waals surface area contributed by atoms with Gasteiger partial charge in [0.05, 0.1) is 4.88 Å². The second-order valence-corrected chi connectivity index (χ2v) is 4.25. The average Bonchev–Trinajstić information content (AvgIpc) is 2.77. The van der Waals surface area contributed by atoms with Crippen LogP contribution in [0.3, 0.4) is 0 Å². The highest BCUT2D eigenvalue weighted by Gasteiger charge is 2.07. The molecule has 0 radical (unpaired) electrons. The fourth-order valence-corrected chi connectivity index (χ4v) is 2.24. The van der Waals surface area contributed by atoms with Crippen molar-refractivity contribution >= 4 is 24.0 Å². The number of thiophene rings is 1. The Morgan fingerprint density at radius 1 is 1.50 bits per heavy atom. The van der Waals surface area contributed by atoms with E-state index in [9.17, 15) is 0 Å². The van der Waals surface area contributed by atoms with Gasteiger partial charge in [0.2, 0.25) is 0 Å². The average molecular weight is 224 g/mol. The molecule has 0 saturated carbocycles.